The number of nitrogens with one attached hydrogen (secondary N) is 1. The standard InChI is InChI=1S/C11H11N3O2/c15-9-3-1-2-7(4-9)10-13-11(16-14-10)8-5-12-6-8/h1-4,8,12,15H,5-6H2. The molecule has 82 valence electrons. The highest BCUT2D eigenvalue weighted by molar-refractivity contribution is 5.56. The van der Waals surface area contributed by atoms with Gasteiger partial charge in [-0.05, 0) is 12.1 Å². The summed E-state index contributed by atoms with van der Waals surface area (Å²) in [6.07, 6.45) is 0. The number of phenolic OH excluding ortho intramolecular Hbond substituents is 1. The summed E-state index contributed by atoms with van der Waals surface area (Å²) in [4.78, 5) is 4.31. The minimum Gasteiger partial charge on any atom is -0.508 e. The average molecular weight is 217 g/mol. The first-order valence-electron chi connectivity index (χ1n) is 5.16. The maximum Gasteiger partial charge on any atom is 0.232 e. The number of aromatic hydroxyl groups is 1. The highest BCUT2D eigenvalue weighted by Crippen LogP contribution is 2.24. The van der Waals surface area contributed by atoms with Gasteiger partial charge >= 0.3 is 0 Å². The third kappa shape index (κ3) is 1.55. The summed E-state index contributed by atoms with van der Waals surface area (Å²) in [6, 6.07) is 6.83. The fraction of sp³-hybridized carbons (Fsp3) is 0.273. The van der Waals surface area contributed by atoms with Gasteiger partial charge in [-0.3, -0.25) is 0 Å². The average Bonchev–Trinajstić information content (AvgIpc) is 2.64. The van der Waals surface area contributed by atoms with Gasteiger partial charge in [0, 0.05) is 18.7 Å². The lowest BCUT2D eigenvalue weighted by Gasteiger charge is -2.22. The number of hydrogen-bond donors (Lipinski definition) is 2. The molecule has 2 heterocycles. The Labute approximate surface area is 92.1 Å². The monoisotopic (exact) mass is 217 g/mol. The molecule has 5 heteroatoms. The van der Waals surface area contributed by atoms with E-state index >= 15 is 0 Å². The van der Waals surface area contributed by atoms with Gasteiger partial charge in [0.15, 0.2) is 0 Å². The van der Waals surface area contributed by atoms with E-state index in [1.807, 2.05) is 6.07 Å². The highest BCUT2D eigenvalue weighted by Gasteiger charge is 2.25. The molecule has 1 aromatic heterocycles. The quantitative estimate of drug-likeness (QED) is 0.789. The van der Waals surface area contributed by atoms with E-state index in [1.165, 1.54) is 0 Å². The predicted octanol–water partition coefficient (Wildman–Crippen LogP) is 1.13. The Morgan fingerprint density at radius 1 is 1.38 bits per heavy atom. The van der Waals surface area contributed by atoms with E-state index in [4.69, 9.17) is 4.52 Å². The second-order valence-electron chi connectivity index (χ2n) is 3.86. The van der Waals surface area contributed by atoms with Crippen molar-refractivity contribution in [2.75, 3.05) is 13.1 Å². The van der Waals surface area contributed by atoms with E-state index in [1.54, 1.807) is 18.2 Å². The van der Waals surface area contributed by atoms with E-state index < -0.39 is 0 Å². The molecule has 3 rings (SSSR count). The van der Waals surface area contributed by atoms with Crippen molar-refractivity contribution < 1.29 is 9.63 Å². The molecule has 0 atom stereocenters. The Morgan fingerprint density at radius 2 is 2.25 bits per heavy atom. The number of nitrogens with zero attached hydrogens (tertiary/aromatic N) is 2. The van der Waals surface area contributed by atoms with Gasteiger partial charge < -0.3 is 14.9 Å². The zero-order chi connectivity index (χ0) is 11.0. The zero-order valence-corrected chi connectivity index (χ0v) is 8.55. The van der Waals surface area contributed by atoms with E-state index in [2.05, 4.69) is 15.5 Å². The van der Waals surface area contributed by atoms with Crippen LogP contribution in [-0.2, 0) is 0 Å². The Bertz CT molecular complexity index is 505. The van der Waals surface area contributed by atoms with Crippen LogP contribution in [0, 0.1) is 0 Å². The van der Waals surface area contributed by atoms with E-state index in [0.29, 0.717) is 17.6 Å². The van der Waals surface area contributed by atoms with Crippen molar-refractivity contribution in [1.29, 1.82) is 0 Å². The first kappa shape index (κ1) is 9.35. The fourth-order valence-electron chi connectivity index (χ4n) is 1.63. The zero-order valence-electron chi connectivity index (χ0n) is 8.55. The van der Waals surface area contributed by atoms with Crippen LogP contribution in [0.1, 0.15) is 11.8 Å². The predicted molar refractivity (Wildman–Crippen MR) is 57.0 cm³/mol. The second kappa shape index (κ2) is 3.61. The van der Waals surface area contributed by atoms with Gasteiger partial charge in [-0.2, -0.15) is 4.98 Å². The second-order valence-corrected chi connectivity index (χ2v) is 3.86. The van der Waals surface area contributed by atoms with Crippen molar-refractivity contribution in [3.8, 4) is 17.1 Å². The minimum absolute atomic E-state index is 0.203. The van der Waals surface area contributed by atoms with Crippen LogP contribution >= 0.6 is 0 Å². The molecule has 1 aliphatic heterocycles. The summed E-state index contributed by atoms with van der Waals surface area (Å²) in [5.41, 5.74) is 0.766. The minimum atomic E-state index is 0.203. The molecule has 1 fully saturated rings. The molecule has 0 amide bonds. The smallest absolute Gasteiger partial charge is 0.232 e. The summed E-state index contributed by atoms with van der Waals surface area (Å²) in [5, 5.41) is 16.4. The maximum absolute atomic E-state index is 9.35. The molecule has 1 aromatic carbocycles. The molecule has 0 unspecified atom stereocenters. The molecular formula is C11H11N3O2. The Kier molecular flexibility index (Phi) is 2.11. The highest BCUT2D eigenvalue weighted by atomic mass is 16.5. The molecule has 0 spiro atoms. The lowest BCUT2D eigenvalue weighted by atomic mass is 10.0. The van der Waals surface area contributed by atoms with Crippen LogP contribution in [0.4, 0.5) is 0 Å². The van der Waals surface area contributed by atoms with Crippen molar-refractivity contribution in [3.63, 3.8) is 0 Å². The molecule has 2 aromatic rings. The maximum atomic E-state index is 9.35. The van der Waals surface area contributed by atoms with Gasteiger partial charge in [0.25, 0.3) is 0 Å². The molecular weight excluding hydrogens is 206 g/mol. The van der Waals surface area contributed by atoms with Crippen LogP contribution in [0.5, 0.6) is 5.75 Å². The summed E-state index contributed by atoms with van der Waals surface area (Å²) >= 11 is 0. The first-order chi connectivity index (χ1) is 7.83. The molecule has 0 radical (unpaired) electrons. The Balaban J connectivity index is 1.91. The summed E-state index contributed by atoms with van der Waals surface area (Å²) in [5.74, 6) is 1.72. The van der Waals surface area contributed by atoms with Crippen LogP contribution in [0.15, 0.2) is 28.8 Å². The lowest BCUT2D eigenvalue weighted by Crippen LogP contribution is -2.40. The van der Waals surface area contributed by atoms with Crippen molar-refractivity contribution >= 4 is 0 Å². The number of rotatable bonds is 2. The van der Waals surface area contributed by atoms with Crippen LogP contribution < -0.4 is 5.32 Å². The van der Waals surface area contributed by atoms with Crippen LogP contribution in [0.25, 0.3) is 11.4 Å². The lowest BCUT2D eigenvalue weighted by molar-refractivity contribution is 0.308. The number of aromatic nitrogens is 2. The first-order valence-corrected chi connectivity index (χ1v) is 5.16. The third-order valence-electron chi connectivity index (χ3n) is 2.68. The van der Waals surface area contributed by atoms with Crippen LogP contribution in [-0.4, -0.2) is 28.3 Å². The fourth-order valence-corrected chi connectivity index (χ4v) is 1.63. The van der Waals surface area contributed by atoms with Gasteiger partial charge in [-0.25, -0.2) is 0 Å². The normalized spacial score (nSPS) is 16.0. The summed E-state index contributed by atoms with van der Waals surface area (Å²) in [6.45, 7) is 1.78. The Morgan fingerprint density at radius 3 is 2.94 bits per heavy atom. The molecule has 2 N–H and O–H groups in total. The van der Waals surface area contributed by atoms with Gasteiger partial charge in [0.2, 0.25) is 11.7 Å². The van der Waals surface area contributed by atoms with Crippen molar-refractivity contribution in [1.82, 2.24) is 15.5 Å². The third-order valence-corrected chi connectivity index (χ3v) is 2.68. The topological polar surface area (TPSA) is 71.2 Å². The molecule has 0 aliphatic carbocycles. The van der Waals surface area contributed by atoms with Gasteiger partial charge in [0.1, 0.15) is 5.75 Å². The molecule has 0 bridgehead atoms. The molecule has 16 heavy (non-hydrogen) atoms. The largest absolute Gasteiger partial charge is 0.508 e. The summed E-state index contributed by atoms with van der Waals surface area (Å²) in [7, 11) is 0. The van der Waals surface area contributed by atoms with E-state index in [9.17, 15) is 5.11 Å². The van der Waals surface area contributed by atoms with Gasteiger partial charge in [-0.1, -0.05) is 17.3 Å². The van der Waals surface area contributed by atoms with Gasteiger partial charge in [0.05, 0.1) is 5.92 Å². The Hall–Kier alpha value is -1.88. The van der Waals surface area contributed by atoms with Crippen LogP contribution in [0.3, 0.4) is 0 Å². The van der Waals surface area contributed by atoms with Crippen molar-refractivity contribution in [2.45, 2.75) is 5.92 Å². The molecule has 1 saturated heterocycles. The van der Waals surface area contributed by atoms with Crippen LogP contribution in [0.2, 0.25) is 0 Å². The SMILES string of the molecule is Oc1cccc(-c2noc(C3CNC3)n2)c1. The molecule has 5 nitrogen and oxygen atoms in total. The van der Waals surface area contributed by atoms with E-state index in [0.717, 1.165) is 18.7 Å². The molecule has 1 aliphatic rings. The number of phenols is 1. The molecule has 0 saturated carbocycles. The van der Waals surface area contributed by atoms with Crippen molar-refractivity contribution in [2.24, 2.45) is 0 Å². The number of benzene rings is 1. The van der Waals surface area contributed by atoms with Gasteiger partial charge in [-0.15, -0.1) is 0 Å². The number of hydrogen-bond acceptors (Lipinski definition) is 5. The summed E-state index contributed by atoms with van der Waals surface area (Å²) < 4.78 is 5.18. The van der Waals surface area contributed by atoms with E-state index in [-0.39, 0.29) is 5.75 Å². The van der Waals surface area contributed by atoms with Crippen molar-refractivity contribution in [3.05, 3.63) is 30.2 Å².